The Morgan fingerprint density at radius 3 is 2.08 bits per heavy atom. The molecule has 0 radical (unpaired) electrons. The smallest absolute Gasteiger partial charge is 0.0816 e. The summed E-state index contributed by atoms with van der Waals surface area (Å²) in [6, 6.07) is 0. The largest absolute Gasteiger partial charge is 0.266 e. The minimum Gasteiger partial charge on any atom is -0.266 e. The Labute approximate surface area is 80.0 Å². The average molecular weight is 191 g/mol. The summed E-state index contributed by atoms with van der Waals surface area (Å²) in [5, 5.41) is 16.5. The van der Waals surface area contributed by atoms with Crippen LogP contribution >= 0.6 is 0 Å². The third-order valence-corrected chi connectivity index (χ3v) is 1.92. The van der Waals surface area contributed by atoms with E-state index < -0.39 is 0 Å². The van der Waals surface area contributed by atoms with E-state index >= 15 is 0 Å². The highest BCUT2D eigenvalue weighted by Crippen LogP contribution is 2.11. The number of nitrogens with zero attached hydrogens (tertiary/aromatic N) is 1. The van der Waals surface area contributed by atoms with Crippen molar-refractivity contribution in [1.29, 1.82) is 0 Å². The van der Waals surface area contributed by atoms with Gasteiger partial charge in [0.05, 0.1) is 11.5 Å². The predicted octanol–water partition coefficient (Wildman–Crippen LogP) is 2.60. The van der Waals surface area contributed by atoms with Crippen LogP contribution in [0.1, 0.15) is 46.5 Å². The zero-order valence-electron chi connectivity index (χ0n) is 8.73. The highest BCUT2D eigenvalue weighted by Gasteiger charge is 2.05. The summed E-state index contributed by atoms with van der Waals surface area (Å²) in [7, 11) is 0. The Hall–Kier alpha value is -0.160. The van der Waals surface area contributed by atoms with Crippen molar-refractivity contribution in [3.63, 3.8) is 0 Å². The van der Waals surface area contributed by atoms with Gasteiger partial charge in [0.2, 0.25) is 0 Å². The molecule has 0 unspecified atom stereocenters. The maximum atomic E-state index is 8.33. The SMILES string of the molecule is CC(C)CCCC[C@H](C)ON(O)O. The second kappa shape index (κ2) is 7.26. The van der Waals surface area contributed by atoms with Gasteiger partial charge in [0.25, 0.3) is 0 Å². The van der Waals surface area contributed by atoms with Crippen LogP contribution < -0.4 is 0 Å². The van der Waals surface area contributed by atoms with Gasteiger partial charge in [-0.15, -0.1) is 0 Å². The van der Waals surface area contributed by atoms with E-state index in [1.54, 1.807) is 0 Å². The van der Waals surface area contributed by atoms with Crippen LogP contribution in [0.2, 0.25) is 0 Å². The van der Waals surface area contributed by atoms with Crippen LogP contribution in [0.25, 0.3) is 0 Å². The van der Waals surface area contributed by atoms with Crippen molar-refractivity contribution in [2.75, 3.05) is 0 Å². The van der Waals surface area contributed by atoms with Crippen molar-refractivity contribution < 1.29 is 15.3 Å². The van der Waals surface area contributed by atoms with E-state index in [1.165, 1.54) is 12.8 Å². The molecule has 0 saturated carbocycles. The van der Waals surface area contributed by atoms with E-state index in [2.05, 4.69) is 18.7 Å². The fraction of sp³-hybridized carbons (Fsp3) is 1.00. The van der Waals surface area contributed by atoms with Gasteiger partial charge in [-0.2, -0.15) is 0 Å². The number of hydrogen-bond acceptors (Lipinski definition) is 4. The summed E-state index contributed by atoms with van der Waals surface area (Å²) in [6.45, 7) is 6.21. The maximum absolute atomic E-state index is 8.33. The molecule has 13 heavy (non-hydrogen) atoms. The molecule has 0 aromatic carbocycles. The Kier molecular flexibility index (Phi) is 7.17. The first-order chi connectivity index (χ1) is 6.02. The molecule has 0 amide bonds. The normalized spacial score (nSPS) is 14.1. The first-order valence-electron chi connectivity index (χ1n) is 4.87. The molecule has 0 bridgehead atoms. The van der Waals surface area contributed by atoms with Crippen LogP contribution in [0.15, 0.2) is 0 Å². The first-order valence-corrected chi connectivity index (χ1v) is 4.87. The minimum absolute atomic E-state index is 0.137. The van der Waals surface area contributed by atoms with Crippen molar-refractivity contribution in [1.82, 2.24) is 5.39 Å². The van der Waals surface area contributed by atoms with Crippen LogP contribution in [0.4, 0.5) is 0 Å². The summed E-state index contributed by atoms with van der Waals surface area (Å²) in [6.07, 6.45) is 4.16. The van der Waals surface area contributed by atoms with E-state index in [9.17, 15) is 0 Å². The number of hydrogen-bond donors (Lipinski definition) is 2. The Morgan fingerprint density at radius 2 is 1.62 bits per heavy atom. The quantitative estimate of drug-likeness (QED) is 0.479. The van der Waals surface area contributed by atoms with Crippen LogP contribution in [0.5, 0.6) is 0 Å². The van der Waals surface area contributed by atoms with Crippen molar-refractivity contribution in [3.05, 3.63) is 0 Å². The third-order valence-electron chi connectivity index (χ3n) is 1.92. The van der Waals surface area contributed by atoms with Crippen LogP contribution in [-0.4, -0.2) is 21.9 Å². The maximum Gasteiger partial charge on any atom is 0.0816 e. The molecule has 4 heteroatoms. The minimum atomic E-state index is -0.215. The molecule has 0 aromatic rings. The van der Waals surface area contributed by atoms with Crippen molar-refractivity contribution in [3.8, 4) is 0 Å². The molecule has 80 valence electrons. The Morgan fingerprint density at radius 1 is 1.08 bits per heavy atom. The molecule has 1 atom stereocenters. The number of unbranched alkanes of at least 4 members (excludes halogenated alkanes) is 1. The molecule has 2 N–H and O–H groups in total. The molecule has 0 aliphatic heterocycles. The lowest BCUT2D eigenvalue weighted by molar-refractivity contribution is -0.503. The van der Waals surface area contributed by atoms with Gasteiger partial charge in [-0.1, -0.05) is 33.1 Å². The fourth-order valence-corrected chi connectivity index (χ4v) is 1.20. The first kappa shape index (κ1) is 12.8. The van der Waals surface area contributed by atoms with Crippen LogP contribution in [-0.2, 0) is 4.84 Å². The van der Waals surface area contributed by atoms with Crippen molar-refractivity contribution >= 4 is 0 Å². The van der Waals surface area contributed by atoms with Crippen LogP contribution in [0, 0.1) is 5.92 Å². The van der Waals surface area contributed by atoms with Crippen molar-refractivity contribution in [2.45, 2.75) is 52.6 Å². The molecule has 0 aliphatic carbocycles. The molecule has 0 rings (SSSR count). The fourth-order valence-electron chi connectivity index (χ4n) is 1.20. The van der Waals surface area contributed by atoms with E-state index in [0.29, 0.717) is 0 Å². The van der Waals surface area contributed by atoms with E-state index in [0.717, 1.165) is 18.8 Å². The monoisotopic (exact) mass is 191 g/mol. The van der Waals surface area contributed by atoms with E-state index in [4.69, 9.17) is 10.4 Å². The molecule has 0 aromatic heterocycles. The molecule has 0 saturated heterocycles. The summed E-state index contributed by atoms with van der Waals surface area (Å²) in [5.41, 5.74) is 0. The molecule has 0 heterocycles. The molecule has 0 spiro atoms. The Bertz CT molecular complexity index is 117. The van der Waals surface area contributed by atoms with Gasteiger partial charge >= 0.3 is 0 Å². The van der Waals surface area contributed by atoms with Gasteiger partial charge in [0.15, 0.2) is 0 Å². The van der Waals surface area contributed by atoms with Gasteiger partial charge in [0.1, 0.15) is 0 Å². The van der Waals surface area contributed by atoms with Gasteiger partial charge < -0.3 is 0 Å². The standard InChI is InChI=1S/C9H21NO3/c1-8(2)6-4-5-7-9(3)13-10(11)12/h8-9,11-12H,4-7H2,1-3H3/t9-/m0/s1. The lowest BCUT2D eigenvalue weighted by atomic mass is 10.0. The van der Waals surface area contributed by atoms with E-state index in [-0.39, 0.29) is 11.5 Å². The predicted molar refractivity (Wildman–Crippen MR) is 49.3 cm³/mol. The molecule has 4 nitrogen and oxygen atoms in total. The van der Waals surface area contributed by atoms with Gasteiger partial charge in [-0.05, 0) is 19.3 Å². The summed E-state index contributed by atoms with van der Waals surface area (Å²) < 4.78 is 0. The lowest BCUT2D eigenvalue weighted by Crippen LogP contribution is -2.21. The summed E-state index contributed by atoms with van der Waals surface area (Å²) in [4.78, 5) is 4.60. The zero-order chi connectivity index (χ0) is 10.3. The summed E-state index contributed by atoms with van der Waals surface area (Å²) >= 11 is 0. The highest BCUT2D eigenvalue weighted by atomic mass is 17.1. The molecule has 0 aliphatic rings. The Balaban J connectivity index is 3.22. The van der Waals surface area contributed by atoms with Crippen LogP contribution in [0.3, 0.4) is 0 Å². The van der Waals surface area contributed by atoms with Gasteiger partial charge in [0, 0.05) is 0 Å². The number of rotatable bonds is 7. The summed E-state index contributed by atoms with van der Waals surface area (Å²) in [5.74, 6) is 0.739. The topological polar surface area (TPSA) is 52.9 Å². The highest BCUT2D eigenvalue weighted by molar-refractivity contribution is 4.51. The van der Waals surface area contributed by atoms with Gasteiger partial charge in [-0.3, -0.25) is 10.4 Å². The van der Waals surface area contributed by atoms with Crippen molar-refractivity contribution in [2.24, 2.45) is 5.92 Å². The van der Waals surface area contributed by atoms with E-state index in [1.807, 2.05) is 6.92 Å². The molecular weight excluding hydrogens is 170 g/mol. The average Bonchev–Trinajstić information content (AvgIpc) is 1.96. The third kappa shape index (κ3) is 9.76. The molecule has 0 fully saturated rings. The second-order valence-corrected chi connectivity index (χ2v) is 3.85. The van der Waals surface area contributed by atoms with Gasteiger partial charge in [-0.25, -0.2) is 4.84 Å². The second-order valence-electron chi connectivity index (χ2n) is 3.85. The zero-order valence-corrected chi connectivity index (χ0v) is 8.73. The lowest BCUT2D eigenvalue weighted by Gasteiger charge is -2.13. The molecular formula is C9H21NO3.